The van der Waals surface area contributed by atoms with Crippen molar-refractivity contribution in [3.63, 3.8) is 0 Å². The molecule has 0 bridgehead atoms. The minimum absolute atomic E-state index is 0.505. The number of rotatable bonds is 8. The maximum Gasteiger partial charge on any atom is 0.247 e. The van der Waals surface area contributed by atoms with E-state index in [1.54, 1.807) is 7.11 Å². The van der Waals surface area contributed by atoms with Crippen LogP contribution in [0.1, 0.15) is 24.0 Å². The first-order valence-corrected chi connectivity index (χ1v) is 13.1. The normalized spacial score (nSPS) is 13.9. The summed E-state index contributed by atoms with van der Waals surface area (Å²) in [5.41, 5.74) is 7.05. The number of aromatic nitrogens is 3. The van der Waals surface area contributed by atoms with Crippen LogP contribution >= 0.6 is 11.8 Å². The molecule has 35 heavy (non-hydrogen) atoms. The van der Waals surface area contributed by atoms with Crippen LogP contribution in [0.2, 0.25) is 0 Å². The molecule has 0 atom stereocenters. The van der Waals surface area contributed by atoms with Crippen LogP contribution in [0.15, 0.2) is 59.5 Å². The largest absolute Gasteiger partial charge is 0.497 e. The number of hydrogen-bond donors (Lipinski definition) is 1. The molecule has 1 N–H and O–H groups in total. The molecule has 2 heterocycles. The monoisotopic (exact) mass is 485 g/mol. The Morgan fingerprint density at radius 3 is 2.66 bits per heavy atom. The van der Waals surface area contributed by atoms with Gasteiger partial charge in [0.2, 0.25) is 5.95 Å². The fourth-order valence-corrected chi connectivity index (χ4v) is 5.52. The van der Waals surface area contributed by atoms with E-state index in [1.165, 1.54) is 36.4 Å². The van der Waals surface area contributed by atoms with Gasteiger partial charge in [-0.2, -0.15) is 0 Å². The molecule has 6 nitrogen and oxygen atoms in total. The number of fused-ring (bicyclic) bond motifs is 1. The fraction of sp³-hybridized carbons (Fsp3) is 0.321. The highest BCUT2D eigenvalue weighted by Crippen LogP contribution is 2.31. The summed E-state index contributed by atoms with van der Waals surface area (Å²) in [7, 11) is 1.69. The van der Waals surface area contributed by atoms with Crippen molar-refractivity contribution >= 4 is 34.4 Å². The number of methoxy groups -OCH3 is 1. The lowest BCUT2D eigenvalue weighted by Gasteiger charge is -2.14. The van der Waals surface area contributed by atoms with Crippen molar-refractivity contribution in [2.45, 2.75) is 31.6 Å². The van der Waals surface area contributed by atoms with Crippen molar-refractivity contribution in [3.05, 3.63) is 65.7 Å². The van der Waals surface area contributed by atoms with Gasteiger partial charge in [-0.3, -0.25) is 0 Å². The van der Waals surface area contributed by atoms with Crippen LogP contribution in [0.4, 0.5) is 11.6 Å². The van der Waals surface area contributed by atoms with Crippen LogP contribution in [-0.4, -0.2) is 52.6 Å². The molecule has 180 valence electrons. The number of nitrogens with zero attached hydrogens (tertiary/aromatic N) is 4. The Bertz CT molecular complexity index is 1340. The summed E-state index contributed by atoms with van der Waals surface area (Å²) in [6, 6.07) is 18.7. The van der Waals surface area contributed by atoms with Gasteiger partial charge >= 0.3 is 0 Å². The van der Waals surface area contributed by atoms with E-state index in [1.807, 2.05) is 30.0 Å². The van der Waals surface area contributed by atoms with Gasteiger partial charge in [-0.15, -0.1) is 22.0 Å². The molecule has 0 radical (unpaired) electrons. The van der Waals surface area contributed by atoms with Crippen LogP contribution in [0, 0.1) is 13.8 Å². The molecule has 1 aliphatic rings. The third-order valence-corrected chi connectivity index (χ3v) is 7.45. The quantitative estimate of drug-likeness (QED) is 0.296. The van der Waals surface area contributed by atoms with Crippen LogP contribution in [0.3, 0.4) is 0 Å². The lowest BCUT2D eigenvalue weighted by Crippen LogP contribution is -2.21. The van der Waals surface area contributed by atoms with Gasteiger partial charge in [-0.05, 0) is 104 Å². The fourth-order valence-electron chi connectivity index (χ4n) is 4.55. The Morgan fingerprint density at radius 2 is 1.83 bits per heavy atom. The Hall–Kier alpha value is -3.16. The lowest BCUT2D eigenvalue weighted by atomic mass is 9.98. The molecule has 1 saturated heterocycles. The molecule has 7 heteroatoms. The number of likely N-dealkylation sites (tertiary alicyclic amines) is 1. The van der Waals surface area contributed by atoms with Crippen molar-refractivity contribution < 1.29 is 4.74 Å². The Kier molecular flexibility index (Phi) is 7.16. The highest BCUT2D eigenvalue weighted by Gasteiger charge is 2.12. The Labute approximate surface area is 211 Å². The van der Waals surface area contributed by atoms with Gasteiger partial charge in [-0.1, -0.05) is 12.1 Å². The number of anilines is 2. The maximum absolute atomic E-state index is 5.42. The van der Waals surface area contributed by atoms with Gasteiger partial charge < -0.3 is 15.0 Å². The maximum atomic E-state index is 5.42. The number of nitrogens with one attached hydrogen (secondary N) is 1. The number of aryl methyl sites for hydroxylation is 2. The average Bonchev–Trinajstić information content (AvgIpc) is 3.38. The zero-order valence-electron chi connectivity index (χ0n) is 20.5. The molecule has 5 rings (SSSR count). The van der Waals surface area contributed by atoms with E-state index in [2.05, 4.69) is 70.7 Å². The molecule has 0 spiro atoms. The number of thioether (sulfide) groups is 1. The topological polar surface area (TPSA) is 63.2 Å². The predicted molar refractivity (Wildman–Crippen MR) is 145 cm³/mol. The molecular weight excluding hydrogens is 454 g/mol. The van der Waals surface area contributed by atoms with Crippen molar-refractivity contribution in [3.8, 4) is 16.9 Å². The van der Waals surface area contributed by atoms with Crippen LogP contribution in [-0.2, 0) is 0 Å². The van der Waals surface area contributed by atoms with Gasteiger partial charge in [-0.25, -0.2) is 4.98 Å². The molecule has 1 aliphatic heterocycles. The van der Waals surface area contributed by atoms with Crippen molar-refractivity contribution in [2.75, 3.05) is 37.8 Å². The van der Waals surface area contributed by atoms with E-state index < -0.39 is 0 Å². The molecule has 3 aromatic carbocycles. The van der Waals surface area contributed by atoms with Crippen LogP contribution in [0.25, 0.3) is 22.2 Å². The van der Waals surface area contributed by atoms with E-state index >= 15 is 0 Å². The second kappa shape index (κ2) is 10.6. The molecular formula is C28H31N5OS. The molecule has 0 amide bonds. The van der Waals surface area contributed by atoms with Gasteiger partial charge in [0.05, 0.1) is 12.6 Å². The predicted octanol–water partition coefficient (Wildman–Crippen LogP) is 6.25. The van der Waals surface area contributed by atoms with E-state index in [0.717, 1.165) is 51.5 Å². The van der Waals surface area contributed by atoms with E-state index in [9.17, 15) is 0 Å². The number of benzene rings is 3. The molecule has 0 unspecified atom stereocenters. The van der Waals surface area contributed by atoms with Crippen molar-refractivity contribution in [1.29, 1.82) is 0 Å². The first-order valence-electron chi connectivity index (χ1n) is 12.1. The zero-order chi connectivity index (χ0) is 24.2. The summed E-state index contributed by atoms with van der Waals surface area (Å²) in [5.74, 6) is 2.44. The average molecular weight is 486 g/mol. The highest BCUT2D eigenvalue weighted by molar-refractivity contribution is 7.99. The van der Waals surface area contributed by atoms with Gasteiger partial charge in [0.15, 0.2) is 0 Å². The van der Waals surface area contributed by atoms with Gasteiger partial charge in [0.25, 0.3) is 0 Å². The first kappa shape index (κ1) is 23.6. The van der Waals surface area contributed by atoms with Crippen molar-refractivity contribution in [1.82, 2.24) is 20.1 Å². The van der Waals surface area contributed by atoms with Crippen LogP contribution < -0.4 is 10.1 Å². The SMILES string of the molecule is COc1ccc(C)c(-c2cc(C)c3nc(Nc4cccc(SCCN5CCCC5)c4)nnc3c2)c1. The summed E-state index contributed by atoms with van der Waals surface area (Å²) in [6.45, 7) is 7.81. The van der Waals surface area contributed by atoms with Crippen molar-refractivity contribution in [2.24, 2.45) is 0 Å². The molecule has 4 aromatic rings. The third kappa shape index (κ3) is 5.57. The molecule has 0 saturated carbocycles. The Balaban J connectivity index is 1.33. The second-order valence-corrected chi connectivity index (χ2v) is 10.2. The highest BCUT2D eigenvalue weighted by atomic mass is 32.2. The standard InChI is InChI=1S/C28H31N5OS/c1-19-9-10-23(34-3)18-25(19)21-15-20(2)27-26(16-21)31-32-28(30-27)29-22-7-6-8-24(17-22)35-14-13-33-11-4-5-12-33/h6-10,15-18H,4-5,11-14H2,1-3H3,(H,29,30,32). The third-order valence-electron chi connectivity index (χ3n) is 6.47. The van der Waals surface area contributed by atoms with Gasteiger partial charge in [0, 0.05) is 22.9 Å². The van der Waals surface area contributed by atoms with Gasteiger partial charge in [0.1, 0.15) is 11.3 Å². The van der Waals surface area contributed by atoms with E-state index in [-0.39, 0.29) is 0 Å². The number of ether oxygens (including phenoxy) is 1. The summed E-state index contributed by atoms with van der Waals surface area (Å²) in [5, 5.41) is 12.2. The zero-order valence-corrected chi connectivity index (χ0v) is 21.4. The van der Waals surface area contributed by atoms with Crippen LogP contribution in [0.5, 0.6) is 5.75 Å². The smallest absolute Gasteiger partial charge is 0.247 e. The first-order chi connectivity index (χ1) is 17.1. The van der Waals surface area contributed by atoms with E-state index in [0.29, 0.717) is 5.95 Å². The lowest BCUT2D eigenvalue weighted by molar-refractivity contribution is 0.362. The Morgan fingerprint density at radius 1 is 0.971 bits per heavy atom. The minimum atomic E-state index is 0.505. The summed E-state index contributed by atoms with van der Waals surface area (Å²) >= 11 is 1.89. The summed E-state index contributed by atoms with van der Waals surface area (Å²) < 4.78 is 5.42. The summed E-state index contributed by atoms with van der Waals surface area (Å²) in [4.78, 5) is 8.58. The molecule has 1 aromatic heterocycles. The molecule has 1 fully saturated rings. The number of hydrogen-bond acceptors (Lipinski definition) is 7. The second-order valence-electron chi connectivity index (χ2n) is 9.03. The summed E-state index contributed by atoms with van der Waals surface area (Å²) in [6.07, 6.45) is 2.68. The van der Waals surface area contributed by atoms with E-state index in [4.69, 9.17) is 9.72 Å². The molecule has 0 aliphatic carbocycles. The minimum Gasteiger partial charge on any atom is -0.497 e.